The number of nitrogens with one attached hydrogen (secondary N) is 3. The topological polar surface area (TPSA) is 125 Å². The number of fused-ring (bicyclic) bond motifs is 1. The molecule has 1 unspecified atom stereocenters. The van der Waals surface area contributed by atoms with Crippen LogP contribution in [0, 0.1) is 0 Å². The second-order valence-electron chi connectivity index (χ2n) is 9.35. The van der Waals surface area contributed by atoms with E-state index in [-0.39, 0.29) is 11.9 Å². The van der Waals surface area contributed by atoms with Gasteiger partial charge in [0, 0.05) is 63.7 Å². The van der Waals surface area contributed by atoms with E-state index in [1.165, 1.54) is 0 Å². The first-order valence-electron chi connectivity index (χ1n) is 12.5. The van der Waals surface area contributed by atoms with Crippen LogP contribution in [0.4, 0.5) is 17.3 Å². The molecule has 38 heavy (non-hydrogen) atoms. The molecule has 3 N–H and O–H groups in total. The van der Waals surface area contributed by atoms with Crippen LogP contribution in [-0.4, -0.2) is 101 Å². The number of methoxy groups -OCH3 is 2. The van der Waals surface area contributed by atoms with Gasteiger partial charge < -0.3 is 30.0 Å². The minimum atomic E-state index is -0.363. The van der Waals surface area contributed by atoms with Gasteiger partial charge in [-0.15, -0.1) is 5.10 Å². The van der Waals surface area contributed by atoms with Gasteiger partial charge in [0.1, 0.15) is 11.7 Å². The van der Waals surface area contributed by atoms with Crippen LogP contribution in [0.25, 0.3) is 22.2 Å². The van der Waals surface area contributed by atoms with E-state index >= 15 is 0 Å². The highest BCUT2D eigenvalue weighted by Crippen LogP contribution is 2.32. The van der Waals surface area contributed by atoms with Crippen molar-refractivity contribution < 1.29 is 14.3 Å². The average molecular weight is 520 g/mol. The summed E-state index contributed by atoms with van der Waals surface area (Å²) in [4.78, 5) is 30.2. The number of H-pyrrole nitrogens is 1. The number of amides is 1. The number of carbonyl (C=O) groups is 1. The summed E-state index contributed by atoms with van der Waals surface area (Å²) < 4.78 is 12.4. The van der Waals surface area contributed by atoms with Gasteiger partial charge in [-0.05, 0) is 19.2 Å². The Balaban J connectivity index is 1.38. The van der Waals surface area contributed by atoms with E-state index in [2.05, 4.69) is 42.5 Å². The summed E-state index contributed by atoms with van der Waals surface area (Å²) >= 11 is 0. The Hall–Kier alpha value is -4.00. The van der Waals surface area contributed by atoms with Crippen LogP contribution in [0.15, 0.2) is 42.9 Å². The van der Waals surface area contributed by atoms with Gasteiger partial charge in [-0.2, -0.15) is 0 Å². The second kappa shape index (κ2) is 11.2. The lowest BCUT2D eigenvalue weighted by Gasteiger charge is -2.36. The molecule has 1 aliphatic rings. The van der Waals surface area contributed by atoms with E-state index in [1.807, 2.05) is 37.5 Å². The maximum absolute atomic E-state index is 13.4. The standard InChI is InChI=1S/C26H33N9O3/c1-33-10-12-35(13-11-33)22(16-37-3)24(36)29-20-7-5-6-17-18(14-28-23(17)20)19-8-9-27-26(30-19)31-21-15-34(2)32-25(21)38-4/h5-9,14-15,22,28H,10-13,16H2,1-4H3,(H,29,36)(H,27,30,31). The Labute approximate surface area is 220 Å². The zero-order chi connectivity index (χ0) is 26.6. The molecule has 4 heterocycles. The number of hydrogen-bond donors (Lipinski definition) is 3. The van der Waals surface area contributed by atoms with E-state index in [0.717, 1.165) is 48.3 Å². The number of hydrogen-bond acceptors (Lipinski definition) is 9. The number of anilines is 3. The summed E-state index contributed by atoms with van der Waals surface area (Å²) in [6.45, 7) is 3.83. The zero-order valence-corrected chi connectivity index (χ0v) is 22.1. The smallest absolute Gasteiger partial charge is 0.256 e. The van der Waals surface area contributed by atoms with Gasteiger partial charge in [0.05, 0.1) is 36.8 Å². The largest absolute Gasteiger partial charge is 0.478 e. The molecule has 1 aliphatic heterocycles. The monoisotopic (exact) mass is 519 g/mol. The third kappa shape index (κ3) is 5.32. The van der Waals surface area contributed by atoms with Gasteiger partial charge in [-0.25, -0.2) is 9.97 Å². The number of aryl methyl sites for hydroxylation is 1. The summed E-state index contributed by atoms with van der Waals surface area (Å²) in [5.41, 5.74) is 3.83. The van der Waals surface area contributed by atoms with Crippen LogP contribution in [0.3, 0.4) is 0 Å². The van der Waals surface area contributed by atoms with E-state index < -0.39 is 0 Å². The molecule has 0 bridgehead atoms. The number of piperazine rings is 1. The lowest BCUT2D eigenvalue weighted by Crippen LogP contribution is -2.54. The number of aromatic nitrogens is 5. The molecule has 1 amide bonds. The Morgan fingerprint density at radius 3 is 2.71 bits per heavy atom. The summed E-state index contributed by atoms with van der Waals surface area (Å²) in [6, 6.07) is 7.32. The number of benzene rings is 1. The van der Waals surface area contributed by atoms with Gasteiger partial charge in [0.15, 0.2) is 0 Å². The number of rotatable bonds is 9. The van der Waals surface area contributed by atoms with Crippen molar-refractivity contribution in [2.24, 2.45) is 7.05 Å². The Bertz CT molecular complexity index is 1410. The fraction of sp³-hybridized carbons (Fsp3) is 0.385. The number of carbonyl (C=O) groups excluding carboxylic acids is 1. The highest BCUT2D eigenvalue weighted by atomic mass is 16.5. The lowest BCUT2D eigenvalue weighted by molar-refractivity contribution is -0.124. The summed E-state index contributed by atoms with van der Waals surface area (Å²) in [6.07, 6.45) is 5.39. The molecule has 0 spiro atoms. The first-order chi connectivity index (χ1) is 18.5. The molecular formula is C26H33N9O3. The minimum Gasteiger partial charge on any atom is -0.478 e. The van der Waals surface area contributed by atoms with Crippen LogP contribution < -0.4 is 15.4 Å². The number of likely N-dealkylation sites (N-methyl/N-ethyl adjacent to an activating group) is 1. The van der Waals surface area contributed by atoms with Crippen molar-refractivity contribution in [3.05, 3.63) is 42.9 Å². The third-order valence-electron chi connectivity index (χ3n) is 6.75. The minimum absolute atomic E-state index is 0.0843. The van der Waals surface area contributed by atoms with Crippen molar-refractivity contribution in [3.63, 3.8) is 0 Å². The predicted molar refractivity (Wildman–Crippen MR) is 146 cm³/mol. The number of nitrogens with zero attached hydrogens (tertiary/aromatic N) is 6. The van der Waals surface area contributed by atoms with Crippen molar-refractivity contribution in [1.29, 1.82) is 0 Å². The van der Waals surface area contributed by atoms with Gasteiger partial charge in [-0.1, -0.05) is 12.1 Å². The lowest BCUT2D eigenvalue weighted by atomic mass is 10.1. The maximum Gasteiger partial charge on any atom is 0.256 e. The molecule has 200 valence electrons. The van der Waals surface area contributed by atoms with Gasteiger partial charge in [0.25, 0.3) is 5.88 Å². The Morgan fingerprint density at radius 1 is 1.13 bits per heavy atom. The van der Waals surface area contributed by atoms with E-state index in [0.29, 0.717) is 29.8 Å². The fourth-order valence-corrected chi connectivity index (χ4v) is 4.72. The highest BCUT2D eigenvalue weighted by molar-refractivity contribution is 6.06. The number of para-hydroxylation sites is 1. The zero-order valence-electron chi connectivity index (χ0n) is 22.1. The molecule has 1 aromatic carbocycles. The molecule has 12 heteroatoms. The third-order valence-corrected chi connectivity index (χ3v) is 6.75. The van der Waals surface area contributed by atoms with E-state index in [1.54, 1.807) is 31.3 Å². The van der Waals surface area contributed by atoms with Crippen molar-refractivity contribution in [3.8, 4) is 17.1 Å². The maximum atomic E-state index is 13.4. The first kappa shape index (κ1) is 25.6. The molecule has 12 nitrogen and oxygen atoms in total. The second-order valence-corrected chi connectivity index (χ2v) is 9.35. The number of aromatic amines is 1. The highest BCUT2D eigenvalue weighted by Gasteiger charge is 2.29. The van der Waals surface area contributed by atoms with Crippen molar-refractivity contribution in [2.75, 3.05) is 64.7 Å². The first-order valence-corrected chi connectivity index (χ1v) is 12.5. The normalized spacial score (nSPS) is 15.5. The molecule has 4 aromatic rings. The predicted octanol–water partition coefficient (Wildman–Crippen LogP) is 2.31. The molecule has 3 aromatic heterocycles. The van der Waals surface area contributed by atoms with Crippen molar-refractivity contribution in [1.82, 2.24) is 34.5 Å². The van der Waals surface area contributed by atoms with Crippen molar-refractivity contribution >= 4 is 34.1 Å². The van der Waals surface area contributed by atoms with E-state index in [4.69, 9.17) is 14.5 Å². The summed E-state index contributed by atoms with van der Waals surface area (Å²) in [5.74, 6) is 0.790. The van der Waals surface area contributed by atoms with Gasteiger partial charge >= 0.3 is 0 Å². The van der Waals surface area contributed by atoms with Crippen LogP contribution in [-0.2, 0) is 16.6 Å². The average Bonchev–Trinajstić information content (AvgIpc) is 3.51. The molecule has 0 saturated carbocycles. The summed E-state index contributed by atoms with van der Waals surface area (Å²) in [7, 11) is 7.10. The fourth-order valence-electron chi connectivity index (χ4n) is 4.72. The van der Waals surface area contributed by atoms with Gasteiger partial charge in [-0.3, -0.25) is 14.4 Å². The number of ether oxygens (including phenoxy) is 2. The SMILES string of the molecule is COCC(C(=O)Nc1cccc2c(-c3ccnc(Nc4cn(C)nc4OC)n3)c[nH]c12)N1CCN(C)CC1. The molecule has 0 aliphatic carbocycles. The molecule has 1 fully saturated rings. The Morgan fingerprint density at radius 2 is 1.95 bits per heavy atom. The van der Waals surface area contributed by atoms with Gasteiger partial charge in [0.2, 0.25) is 11.9 Å². The molecule has 0 radical (unpaired) electrons. The van der Waals surface area contributed by atoms with Crippen molar-refractivity contribution in [2.45, 2.75) is 6.04 Å². The molecule has 1 atom stereocenters. The summed E-state index contributed by atoms with van der Waals surface area (Å²) in [5, 5.41) is 11.5. The van der Waals surface area contributed by atoms with Crippen LogP contribution in [0.5, 0.6) is 5.88 Å². The van der Waals surface area contributed by atoms with Crippen LogP contribution in [0.1, 0.15) is 0 Å². The van der Waals surface area contributed by atoms with Crippen LogP contribution in [0.2, 0.25) is 0 Å². The molecule has 1 saturated heterocycles. The van der Waals surface area contributed by atoms with Crippen LogP contribution >= 0.6 is 0 Å². The van der Waals surface area contributed by atoms with E-state index in [9.17, 15) is 4.79 Å². The molecular weight excluding hydrogens is 486 g/mol. The Kier molecular flexibility index (Phi) is 7.54. The quantitative estimate of drug-likeness (QED) is 0.305. The molecule has 5 rings (SSSR count).